The molecule has 0 saturated heterocycles. The number of aromatic amines is 2. The number of aromatic nitrogens is 4. The van der Waals surface area contributed by atoms with Crippen LogP contribution in [0.15, 0.2) is 30.7 Å². The molecule has 1 amide bonds. The summed E-state index contributed by atoms with van der Waals surface area (Å²) in [6, 6.07) is 2.02. The third kappa shape index (κ3) is 4.05. The van der Waals surface area contributed by atoms with Crippen LogP contribution in [0.1, 0.15) is 51.5 Å². The van der Waals surface area contributed by atoms with Crippen LogP contribution in [0.25, 0.3) is 0 Å². The largest absolute Gasteiger partial charge is 0.416 e. The minimum Gasteiger partial charge on any atom is -0.357 e. The van der Waals surface area contributed by atoms with Crippen molar-refractivity contribution >= 4 is 5.91 Å². The second kappa shape index (κ2) is 7.45. The Kier molecular flexibility index (Phi) is 5.21. The predicted octanol–water partition coefficient (Wildman–Crippen LogP) is 3.68. The van der Waals surface area contributed by atoms with Crippen molar-refractivity contribution in [3.05, 3.63) is 70.3 Å². The van der Waals surface area contributed by atoms with Gasteiger partial charge in [-0.05, 0) is 42.7 Å². The number of benzene rings is 1. The zero-order valence-electron chi connectivity index (χ0n) is 15.0. The minimum atomic E-state index is -4.60. The van der Waals surface area contributed by atoms with E-state index in [9.17, 15) is 22.4 Å². The molecule has 0 saturated carbocycles. The van der Waals surface area contributed by atoms with Gasteiger partial charge in [-0.25, -0.2) is 9.37 Å². The molecule has 0 aliphatic carbocycles. The zero-order chi connectivity index (χ0) is 20.5. The van der Waals surface area contributed by atoms with Gasteiger partial charge in [-0.3, -0.25) is 9.89 Å². The lowest BCUT2D eigenvalue weighted by atomic mass is 10.0. The van der Waals surface area contributed by atoms with E-state index in [-0.39, 0.29) is 23.6 Å². The minimum absolute atomic E-state index is 0.0528. The van der Waals surface area contributed by atoms with E-state index < -0.39 is 23.6 Å². The first-order valence-corrected chi connectivity index (χ1v) is 8.35. The Labute approximate surface area is 157 Å². The number of hydrogen-bond donors (Lipinski definition) is 3. The quantitative estimate of drug-likeness (QED) is 0.576. The molecular weight excluding hydrogens is 378 g/mol. The van der Waals surface area contributed by atoms with Gasteiger partial charge < -0.3 is 10.3 Å². The Morgan fingerprint density at radius 3 is 2.64 bits per heavy atom. The first-order valence-electron chi connectivity index (χ1n) is 8.35. The van der Waals surface area contributed by atoms with Gasteiger partial charge in [0, 0.05) is 12.6 Å². The van der Waals surface area contributed by atoms with Crippen LogP contribution in [-0.4, -0.2) is 26.1 Å². The van der Waals surface area contributed by atoms with Crippen molar-refractivity contribution in [1.29, 1.82) is 0 Å². The maximum atomic E-state index is 14.1. The summed E-state index contributed by atoms with van der Waals surface area (Å²) in [5.74, 6) is -0.842. The second-order valence-corrected chi connectivity index (χ2v) is 6.36. The normalized spacial score (nSPS) is 12.8. The summed E-state index contributed by atoms with van der Waals surface area (Å²) >= 11 is 0. The van der Waals surface area contributed by atoms with Gasteiger partial charge in [0.15, 0.2) is 0 Å². The number of rotatable bonds is 5. The highest BCUT2D eigenvalue weighted by atomic mass is 19.4. The number of carbonyl (C=O) groups excluding carboxylic acids is 1. The van der Waals surface area contributed by atoms with E-state index >= 15 is 0 Å². The molecule has 3 aromatic rings. The highest BCUT2D eigenvalue weighted by Crippen LogP contribution is 2.31. The summed E-state index contributed by atoms with van der Waals surface area (Å²) in [5.41, 5.74) is 0.546. The van der Waals surface area contributed by atoms with E-state index in [1.807, 2.05) is 0 Å². The molecular formula is C18H17F4N5O. The van der Waals surface area contributed by atoms with Crippen LogP contribution in [-0.2, 0) is 12.6 Å². The Bertz CT molecular complexity index is 979. The summed E-state index contributed by atoms with van der Waals surface area (Å²) in [4.78, 5) is 19.3. The maximum Gasteiger partial charge on any atom is 0.416 e. The van der Waals surface area contributed by atoms with E-state index in [1.165, 1.54) is 6.33 Å². The van der Waals surface area contributed by atoms with Crippen molar-refractivity contribution in [2.45, 2.75) is 32.5 Å². The number of hydrogen-bond acceptors (Lipinski definition) is 3. The first kappa shape index (κ1) is 19.6. The molecule has 0 bridgehead atoms. The predicted molar refractivity (Wildman–Crippen MR) is 92.0 cm³/mol. The lowest BCUT2D eigenvalue weighted by Gasteiger charge is -2.11. The van der Waals surface area contributed by atoms with E-state index in [2.05, 4.69) is 25.5 Å². The second-order valence-electron chi connectivity index (χ2n) is 6.36. The fourth-order valence-electron chi connectivity index (χ4n) is 2.79. The van der Waals surface area contributed by atoms with Crippen molar-refractivity contribution in [1.82, 2.24) is 25.5 Å². The number of nitrogens with zero attached hydrogens (tertiary/aromatic N) is 2. The van der Waals surface area contributed by atoms with Crippen LogP contribution >= 0.6 is 0 Å². The van der Waals surface area contributed by atoms with Gasteiger partial charge in [0.05, 0.1) is 11.6 Å². The van der Waals surface area contributed by atoms with Crippen LogP contribution in [0.3, 0.4) is 0 Å². The van der Waals surface area contributed by atoms with E-state index in [0.29, 0.717) is 23.0 Å². The molecule has 0 aliphatic rings. The summed E-state index contributed by atoms with van der Waals surface area (Å²) in [5, 5.41) is 9.13. The van der Waals surface area contributed by atoms with Crippen molar-refractivity contribution in [2.24, 2.45) is 0 Å². The van der Waals surface area contributed by atoms with Gasteiger partial charge in [0.25, 0.3) is 5.91 Å². The lowest BCUT2D eigenvalue weighted by Crippen LogP contribution is -2.28. The Hall–Kier alpha value is -3.17. The molecule has 0 aliphatic heterocycles. The molecule has 3 rings (SSSR count). The first-order chi connectivity index (χ1) is 13.2. The molecule has 2 aromatic heterocycles. The maximum absolute atomic E-state index is 14.1. The number of halogens is 4. The van der Waals surface area contributed by atoms with Crippen molar-refractivity contribution < 1.29 is 22.4 Å². The summed E-state index contributed by atoms with van der Waals surface area (Å²) in [7, 11) is 0. The molecule has 6 nitrogen and oxygen atoms in total. The van der Waals surface area contributed by atoms with Crippen LogP contribution in [0.2, 0.25) is 0 Å². The van der Waals surface area contributed by atoms with Gasteiger partial charge in [-0.2, -0.15) is 18.3 Å². The molecule has 1 atom stereocenters. The molecule has 3 N–H and O–H groups in total. The fourth-order valence-corrected chi connectivity index (χ4v) is 2.79. The molecule has 0 fully saturated rings. The van der Waals surface area contributed by atoms with Gasteiger partial charge in [-0.1, -0.05) is 6.07 Å². The van der Waals surface area contributed by atoms with Gasteiger partial charge in [-0.15, -0.1) is 0 Å². The Morgan fingerprint density at radius 2 is 2.04 bits per heavy atom. The third-order valence-electron chi connectivity index (χ3n) is 4.43. The Balaban J connectivity index is 1.75. The summed E-state index contributed by atoms with van der Waals surface area (Å²) in [6.45, 7) is 3.41. The molecule has 0 spiro atoms. The smallest absolute Gasteiger partial charge is 0.357 e. The summed E-state index contributed by atoms with van der Waals surface area (Å²) < 4.78 is 52.1. The highest BCUT2D eigenvalue weighted by molar-refractivity contribution is 5.94. The molecule has 10 heteroatoms. The SMILES string of the molecule is Cc1c(Cc2ccc(C(F)(F)F)cc2F)c[nH]c1C(=O)NC(C)c1ncn[nH]1. The number of carbonyl (C=O) groups is 1. The van der Waals surface area contributed by atoms with Crippen molar-refractivity contribution in [3.63, 3.8) is 0 Å². The number of H-pyrrole nitrogens is 2. The third-order valence-corrected chi connectivity index (χ3v) is 4.43. The Morgan fingerprint density at radius 1 is 1.29 bits per heavy atom. The molecule has 28 heavy (non-hydrogen) atoms. The van der Waals surface area contributed by atoms with Crippen LogP contribution in [0.5, 0.6) is 0 Å². The lowest BCUT2D eigenvalue weighted by molar-refractivity contribution is -0.137. The van der Waals surface area contributed by atoms with E-state index in [0.717, 1.165) is 12.1 Å². The molecule has 1 unspecified atom stereocenters. The summed E-state index contributed by atoms with van der Waals surface area (Å²) in [6.07, 6.45) is -1.68. The number of alkyl halides is 3. The molecule has 0 radical (unpaired) electrons. The van der Waals surface area contributed by atoms with Gasteiger partial charge >= 0.3 is 6.18 Å². The van der Waals surface area contributed by atoms with Crippen molar-refractivity contribution in [2.75, 3.05) is 0 Å². The van der Waals surface area contributed by atoms with E-state index in [1.54, 1.807) is 20.0 Å². The molecule has 2 heterocycles. The zero-order valence-corrected chi connectivity index (χ0v) is 15.0. The average Bonchev–Trinajstić information content (AvgIpc) is 3.26. The fraction of sp³-hybridized carbons (Fsp3) is 0.278. The van der Waals surface area contributed by atoms with Crippen LogP contribution in [0.4, 0.5) is 17.6 Å². The highest BCUT2D eigenvalue weighted by Gasteiger charge is 2.31. The van der Waals surface area contributed by atoms with Crippen LogP contribution in [0, 0.1) is 12.7 Å². The standard InChI is InChI=1S/C18H17F4N5O/c1-9-12(5-11-3-4-13(6-14(11)19)18(20,21)22)7-23-15(9)17(28)26-10(2)16-24-8-25-27-16/h3-4,6-8,10,23H,5H2,1-2H3,(H,26,28)(H,24,25,27). The van der Waals surface area contributed by atoms with Gasteiger partial charge in [0.1, 0.15) is 23.7 Å². The molecule has 148 valence electrons. The van der Waals surface area contributed by atoms with E-state index in [4.69, 9.17) is 0 Å². The average molecular weight is 395 g/mol. The monoisotopic (exact) mass is 395 g/mol. The number of amides is 1. The number of nitrogens with one attached hydrogen (secondary N) is 3. The van der Waals surface area contributed by atoms with Crippen molar-refractivity contribution in [3.8, 4) is 0 Å². The van der Waals surface area contributed by atoms with Gasteiger partial charge in [0.2, 0.25) is 0 Å². The van der Waals surface area contributed by atoms with Crippen LogP contribution < -0.4 is 5.32 Å². The molecule has 1 aromatic carbocycles. The topological polar surface area (TPSA) is 86.5 Å².